The van der Waals surface area contributed by atoms with E-state index in [1.165, 1.54) is 37.3 Å². The number of rotatable bonds is 4. The molecule has 1 N–H and O–H groups in total. The Hall–Kier alpha value is -1.88. The Bertz CT molecular complexity index is 580. The van der Waals surface area contributed by atoms with Crippen LogP contribution in [0, 0.1) is 5.82 Å². The van der Waals surface area contributed by atoms with E-state index in [0.717, 1.165) is 0 Å². The van der Waals surface area contributed by atoms with Crippen LogP contribution < -0.4 is 5.32 Å². The first-order chi connectivity index (χ1) is 9.89. The van der Waals surface area contributed by atoms with Crippen molar-refractivity contribution in [3.63, 3.8) is 0 Å². The van der Waals surface area contributed by atoms with Crippen LogP contribution in [0.2, 0.25) is 0 Å². The van der Waals surface area contributed by atoms with E-state index in [9.17, 15) is 17.6 Å². The summed E-state index contributed by atoms with van der Waals surface area (Å²) in [6, 6.07) is 10.8. The molecule has 0 aliphatic rings. The summed E-state index contributed by atoms with van der Waals surface area (Å²) in [5, 5.41) is 2.47. The second-order valence-corrected chi connectivity index (χ2v) is 4.80. The van der Waals surface area contributed by atoms with Gasteiger partial charge in [-0.05, 0) is 18.6 Å². The number of alkyl halides is 3. The van der Waals surface area contributed by atoms with Gasteiger partial charge in [0.2, 0.25) is 0 Å². The van der Waals surface area contributed by atoms with Crippen LogP contribution in [-0.2, 0) is 0 Å². The zero-order chi connectivity index (χ0) is 15.5. The summed E-state index contributed by atoms with van der Waals surface area (Å²) >= 11 is 0. The Morgan fingerprint density at radius 2 is 1.48 bits per heavy atom. The van der Waals surface area contributed by atoms with Crippen molar-refractivity contribution in [1.82, 2.24) is 5.32 Å². The monoisotopic (exact) mass is 297 g/mol. The lowest BCUT2D eigenvalue weighted by atomic mass is 10.0. The van der Waals surface area contributed by atoms with Gasteiger partial charge in [0.15, 0.2) is 0 Å². The minimum Gasteiger partial charge on any atom is -0.296 e. The van der Waals surface area contributed by atoms with E-state index in [4.69, 9.17) is 0 Å². The van der Waals surface area contributed by atoms with Crippen LogP contribution in [0.5, 0.6) is 0 Å². The highest BCUT2D eigenvalue weighted by molar-refractivity contribution is 5.24. The molecule has 0 aliphatic carbocycles. The molecule has 0 saturated heterocycles. The van der Waals surface area contributed by atoms with Gasteiger partial charge in [-0.25, -0.2) is 4.39 Å². The molecule has 0 aliphatic heterocycles. The van der Waals surface area contributed by atoms with Crippen molar-refractivity contribution in [3.8, 4) is 0 Å². The maximum absolute atomic E-state index is 13.7. The molecule has 112 valence electrons. The van der Waals surface area contributed by atoms with Gasteiger partial charge in [-0.1, -0.05) is 48.5 Å². The van der Waals surface area contributed by atoms with Crippen LogP contribution in [0.4, 0.5) is 17.6 Å². The lowest BCUT2D eigenvalue weighted by Gasteiger charge is -2.26. The summed E-state index contributed by atoms with van der Waals surface area (Å²) in [5.41, 5.74) is 0.316. The fourth-order valence-corrected chi connectivity index (χ4v) is 2.19. The number of nitrogens with one attached hydrogen (secondary N) is 1. The molecule has 0 fully saturated rings. The van der Waals surface area contributed by atoms with E-state index in [-0.39, 0.29) is 11.1 Å². The molecule has 1 nitrogen and oxygen atoms in total. The number of halogens is 4. The summed E-state index contributed by atoms with van der Waals surface area (Å²) < 4.78 is 53.3. The number of hydrogen-bond donors (Lipinski definition) is 1. The first-order valence-corrected chi connectivity index (χ1v) is 6.51. The van der Waals surface area contributed by atoms with Crippen molar-refractivity contribution in [1.29, 1.82) is 0 Å². The van der Waals surface area contributed by atoms with Gasteiger partial charge in [0.05, 0.1) is 0 Å². The molecule has 0 spiro atoms. The highest BCUT2D eigenvalue weighted by Gasteiger charge is 2.41. The molecule has 0 bridgehead atoms. The van der Waals surface area contributed by atoms with Crippen LogP contribution in [0.15, 0.2) is 54.6 Å². The third-order valence-corrected chi connectivity index (χ3v) is 3.25. The van der Waals surface area contributed by atoms with Gasteiger partial charge >= 0.3 is 6.18 Å². The molecule has 0 heterocycles. The zero-order valence-electron chi connectivity index (χ0n) is 11.4. The van der Waals surface area contributed by atoms with Gasteiger partial charge in [-0.3, -0.25) is 5.32 Å². The van der Waals surface area contributed by atoms with Crippen LogP contribution in [0.1, 0.15) is 30.1 Å². The summed E-state index contributed by atoms with van der Waals surface area (Å²) in [6.45, 7) is 1.51. The second kappa shape index (κ2) is 6.26. The molecule has 5 heteroatoms. The first-order valence-electron chi connectivity index (χ1n) is 6.51. The maximum atomic E-state index is 13.7. The largest absolute Gasteiger partial charge is 0.407 e. The topological polar surface area (TPSA) is 12.0 Å². The Balaban J connectivity index is 2.26. The molecular weight excluding hydrogens is 282 g/mol. The van der Waals surface area contributed by atoms with Gasteiger partial charge in [-0.15, -0.1) is 0 Å². The Morgan fingerprint density at radius 3 is 2.05 bits per heavy atom. The van der Waals surface area contributed by atoms with Crippen molar-refractivity contribution in [3.05, 3.63) is 71.5 Å². The fraction of sp³-hybridized carbons (Fsp3) is 0.250. The van der Waals surface area contributed by atoms with E-state index >= 15 is 0 Å². The predicted octanol–water partition coefficient (Wildman–Crippen LogP) is 4.78. The van der Waals surface area contributed by atoms with Crippen molar-refractivity contribution in [2.75, 3.05) is 0 Å². The average Bonchev–Trinajstić information content (AvgIpc) is 2.44. The summed E-state index contributed by atoms with van der Waals surface area (Å²) in [4.78, 5) is 0. The lowest BCUT2D eigenvalue weighted by Crippen LogP contribution is -2.36. The van der Waals surface area contributed by atoms with Gasteiger partial charge in [0.25, 0.3) is 0 Å². The number of hydrogen-bond acceptors (Lipinski definition) is 1. The average molecular weight is 297 g/mol. The van der Waals surface area contributed by atoms with E-state index in [2.05, 4.69) is 5.32 Å². The van der Waals surface area contributed by atoms with Crippen molar-refractivity contribution in [2.45, 2.75) is 25.2 Å². The molecule has 2 rings (SSSR count). The third kappa shape index (κ3) is 3.82. The van der Waals surface area contributed by atoms with Gasteiger partial charge in [-0.2, -0.15) is 13.2 Å². The van der Waals surface area contributed by atoms with Gasteiger partial charge in [0.1, 0.15) is 11.9 Å². The molecule has 0 saturated carbocycles. The second-order valence-electron chi connectivity index (χ2n) is 4.80. The van der Waals surface area contributed by atoms with Gasteiger partial charge in [0, 0.05) is 11.6 Å². The predicted molar refractivity (Wildman–Crippen MR) is 73.2 cm³/mol. The highest BCUT2D eigenvalue weighted by Crippen LogP contribution is 2.34. The Morgan fingerprint density at radius 1 is 0.905 bits per heavy atom. The normalized spacial score (nSPS) is 14.7. The van der Waals surface area contributed by atoms with Crippen LogP contribution in [0.25, 0.3) is 0 Å². The van der Waals surface area contributed by atoms with E-state index in [1.807, 2.05) is 0 Å². The summed E-state index contributed by atoms with van der Waals surface area (Å²) in [7, 11) is 0. The van der Waals surface area contributed by atoms with Crippen LogP contribution in [-0.4, -0.2) is 6.18 Å². The Labute approximate surface area is 120 Å². The zero-order valence-corrected chi connectivity index (χ0v) is 11.4. The minimum absolute atomic E-state index is 0.105. The molecule has 0 aromatic heterocycles. The highest BCUT2D eigenvalue weighted by atomic mass is 19.4. The van der Waals surface area contributed by atoms with Crippen LogP contribution >= 0.6 is 0 Å². The SMILES string of the molecule is CC(NC(c1ccccc1)C(F)(F)F)c1ccccc1F. The quantitative estimate of drug-likeness (QED) is 0.801. The minimum atomic E-state index is -4.46. The molecule has 21 heavy (non-hydrogen) atoms. The molecule has 0 amide bonds. The molecule has 2 aromatic carbocycles. The van der Waals surface area contributed by atoms with E-state index < -0.39 is 24.1 Å². The Kier molecular flexibility index (Phi) is 4.63. The van der Waals surface area contributed by atoms with Crippen molar-refractivity contribution < 1.29 is 17.6 Å². The molecule has 2 aromatic rings. The summed E-state index contributed by atoms with van der Waals surface area (Å²) in [5.74, 6) is -0.522. The summed E-state index contributed by atoms with van der Waals surface area (Å²) in [6.07, 6.45) is -4.46. The smallest absolute Gasteiger partial charge is 0.296 e. The fourth-order valence-electron chi connectivity index (χ4n) is 2.19. The maximum Gasteiger partial charge on any atom is 0.407 e. The third-order valence-electron chi connectivity index (χ3n) is 3.25. The molecule has 2 atom stereocenters. The number of benzene rings is 2. The molecular formula is C16H15F4N. The van der Waals surface area contributed by atoms with E-state index in [0.29, 0.717) is 0 Å². The lowest BCUT2D eigenvalue weighted by molar-refractivity contribution is -0.159. The molecule has 2 unspecified atom stereocenters. The van der Waals surface area contributed by atoms with E-state index in [1.54, 1.807) is 24.3 Å². The first kappa shape index (κ1) is 15.5. The van der Waals surface area contributed by atoms with Crippen molar-refractivity contribution >= 4 is 0 Å². The van der Waals surface area contributed by atoms with Crippen molar-refractivity contribution in [2.24, 2.45) is 0 Å². The van der Waals surface area contributed by atoms with Crippen LogP contribution in [0.3, 0.4) is 0 Å². The molecule has 0 radical (unpaired) electrons. The van der Waals surface area contributed by atoms with Gasteiger partial charge < -0.3 is 0 Å². The standard InChI is InChI=1S/C16H15F4N/c1-11(13-9-5-6-10-14(13)17)21-15(16(18,19)20)12-7-3-2-4-8-12/h2-11,15,21H,1H3.